The molecule has 2 amide bonds. The van der Waals surface area contributed by atoms with Gasteiger partial charge >= 0.3 is 0 Å². The molecule has 0 spiro atoms. The van der Waals surface area contributed by atoms with Crippen LogP contribution < -0.4 is 14.4 Å². The van der Waals surface area contributed by atoms with Crippen molar-refractivity contribution in [2.45, 2.75) is 51.1 Å². The summed E-state index contributed by atoms with van der Waals surface area (Å²) in [5.41, 5.74) is 0.850. The molecule has 1 atom stereocenters. The van der Waals surface area contributed by atoms with Gasteiger partial charge < -0.3 is 15.0 Å². The van der Waals surface area contributed by atoms with Crippen molar-refractivity contribution >= 4 is 43.5 Å². The predicted octanol–water partition coefficient (Wildman–Crippen LogP) is 5.52. The maximum atomic E-state index is 13.9. The number of unbranched alkanes of at least 4 members (excludes halogenated alkanes) is 1. The third kappa shape index (κ3) is 8.77. The van der Waals surface area contributed by atoms with E-state index in [-0.39, 0.29) is 23.0 Å². The zero-order valence-corrected chi connectivity index (χ0v) is 25.8. The first-order valence-corrected chi connectivity index (χ1v) is 15.6. The molecular formula is C30H35BrFN3O5S. The van der Waals surface area contributed by atoms with E-state index in [4.69, 9.17) is 4.74 Å². The summed E-state index contributed by atoms with van der Waals surface area (Å²) in [6, 6.07) is 17.2. The second-order valence-electron chi connectivity index (χ2n) is 9.36. The third-order valence-electron chi connectivity index (χ3n) is 6.38. The molecule has 0 aliphatic heterocycles. The molecule has 0 aliphatic rings. The van der Waals surface area contributed by atoms with Gasteiger partial charge in [-0.25, -0.2) is 12.8 Å². The molecule has 3 rings (SSSR count). The summed E-state index contributed by atoms with van der Waals surface area (Å²) in [4.78, 5) is 28.2. The summed E-state index contributed by atoms with van der Waals surface area (Å²) >= 11 is 3.32. The van der Waals surface area contributed by atoms with Gasteiger partial charge in [0.1, 0.15) is 24.2 Å². The van der Waals surface area contributed by atoms with E-state index in [0.717, 1.165) is 17.1 Å². The Hall–Kier alpha value is -3.44. The van der Waals surface area contributed by atoms with Gasteiger partial charge in [-0.3, -0.25) is 13.9 Å². The van der Waals surface area contributed by atoms with E-state index >= 15 is 0 Å². The zero-order chi connectivity index (χ0) is 30.0. The Morgan fingerprint density at radius 1 is 0.976 bits per heavy atom. The van der Waals surface area contributed by atoms with E-state index in [1.54, 1.807) is 43.3 Å². The molecular weight excluding hydrogens is 613 g/mol. The standard InChI is InChI=1S/C30H35BrFN3O5S/c1-4-6-19-33-30(37)22(3)34(20-23-7-11-25(32)12-8-23)29(36)21-35(26-13-15-27(16-14-26)40-5-2)41(38,39)28-17-9-24(31)10-18-28/h7-18,22H,4-6,19-21H2,1-3H3,(H,33,37). The number of benzene rings is 3. The second kappa shape index (κ2) is 15.0. The van der Waals surface area contributed by atoms with Crippen LogP contribution in [-0.2, 0) is 26.2 Å². The molecule has 11 heteroatoms. The van der Waals surface area contributed by atoms with Gasteiger partial charge in [0.25, 0.3) is 10.0 Å². The second-order valence-corrected chi connectivity index (χ2v) is 12.1. The first-order valence-electron chi connectivity index (χ1n) is 13.4. The topological polar surface area (TPSA) is 96.0 Å². The Morgan fingerprint density at radius 2 is 1.61 bits per heavy atom. The van der Waals surface area contributed by atoms with Crippen molar-refractivity contribution in [2.75, 3.05) is 24.0 Å². The minimum absolute atomic E-state index is 0.00201. The minimum Gasteiger partial charge on any atom is -0.494 e. The molecule has 3 aromatic rings. The van der Waals surface area contributed by atoms with Crippen molar-refractivity contribution in [1.82, 2.24) is 10.2 Å². The number of carbonyl (C=O) groups excluding carboxylic acids is 2. The number of nitrogens with zero attached hydrogens (tertiary/aromatic N) is 2. The number of hydrogen-bond donors (Lipinski definition) is 1. The fourth-order valence-electron chi connectivity index (χ4n) is 4.04. The van der Waals surface area contributed by atoms with Gasteiger partial charge in [0, 0.05) is 17.6 Å². The Balaban J connectivity index is 2.00. The van der Waals surface area contributed by atoms with Crippen LogP contribution in [-0.4, -0.2) is 50.9 Å². The van der Waals surface area contributed by atoms with Gasteiger partial charge in [-0.15, -0.1) is 0 Å². The lowest BCUT2D eigenvalue weighted by atomic mass is 10.1. The fourth-order valence-corrected chi connectivity index (χ4v) is 5.72. The number of hydrogen-bond acceptors (Lipinski definition) is 5. The van der Waals surface area contributed by atoms with E-state index in [0.29, 0.717) is 28.9 Å². The molecule has 0 saturated carbocycles. The first kappa shape index (κ1) is 32.1. The van der Waals surface area contributed by atoms with Gasteiger partial charge in [-0.05, 0) is 86.5 Å². The quantitative estimate of drug-likeness (QED) is 0.233. The highest BCUT2D eigenvalue weighted by atomic mass is 79.9. The molecule has 0 fully saturated rings. The molecule has 0 radical (unpaired) electrons. The number of carbonyl (C=O) groups is 2. The monoisotopic (exact) mass is 647 g/mol. The summed E-state index contributed by atoms with van der Waals surface area (Å²) in [6.07, 6.45) is 1.67. The van der Waals surface area contributed by atoms with Crippen LogP contribution in [0.2, 0.25) is 0 Å². The Morgan fingerprint density at radius 3 is 2.20 bits per heavy atom. The van der Waals surface area contributed by atoms with Crippen LogP contribution in [0.5, 0.6) is 5.75 Å². The molecule has 41 heavy (non-hydrogen) atoms. The predicted molar refractivity (Wildman–Crippen MR) is 161 cm³/mol. The van der Waals surface area contributed by atoms with Crippen molar-refractivity contribution in [3.63, 3.8) is 0 Å². The van der Waals surface area contributed by atoms with Crippen molar-refractivity contribution in [1.29, 1.82) is 0 Å². The SMILES string of the molecule is CCCCNC(=O)C(C)N(Cc1ccc(F)cc1)C(=O)CN(c1ccc(OCC)cc1)S(=O)(=O)c1ccc(Br)cc1. The molecule has 8 nitrogen and oxygen atoms in total. The normalized spacial score (nSPS) is 11.9. The molecule has 1 N–H and O–H groups in total. The smallest absolute Gasteiger partial charge is 0.264 e. The maximum absolute atomic E-state index is 13.9. The Labute approximate surface area is 249 Å². The van der Waals surface area contributed by atoms with Crippen molar-refractivity contribution < 1.29 is 27.1 Å². The molecule has 1 unspecified atom stereocenters. The largest absolute Gasteiger partial charge is 0.494 e. The molecule has 220 valence electrons. The third-order valence-corrected chi connectivity index (χ3v) is 8.70. The van der Waals surface area contributed by atoms with Crippen LogP contribution in [0, 0.1) is 5.82 Å². The lowest BCUT2D eigenvalue weighted by Gasteiger charge is -2.32. The summed E-state index contributed by atoms with van der Waals surface area (Å²) in [5.74, 6) is -0.836. The molecule has 0 aliphatic carbocycles. The lowest BCUT2D eigenvalue weighted by molar-refractivity contribution is -0.139. The number of rotatable bonds is 14. The number of anilines is 1. The average molecular weight is 649 g/mol. The van der Waals surface area contributed by atoms with Crippen LogP contribution in [0.1, 0.15) is 39.2 Å². The van der Waals surface area contributed by atoms with E-state index in [1.165, 1.54) is 41.3 Å². The summed E-state index contributed by atoms with van der Waals surface area (Å²) < 4.78 is 48.5. The van der Waals surface area contributed by atoms with Gasteiger partial charge in [-0.1, -0.05) is 41.4 Å². The van der Waals surface area contributed by atoms with Gasteiger partial charge in [0.05, 0.1) is 17.2 Å². The minimum atomic E-state index is -4.19. The highest BCUT2D eigenvalue weighted by Crippen LogP contribution is 2.27. The number of halogens is 2. The average Bonchev–Trinajstić information content (AvgIpc) is 2.96. The van der Waals surface area contributed by atoms with Crippen molar-refractivity contribution in [2.24, 2.45) is 0 Å². The Bertz CT molecular complexity index is 1400. The first-order chi connectivity index (χ1) is 19.6. The summed E-state index contributed by atoms with van der Waals surface area (Å²) in [6.45, 7) is 5.74. The zero-order valence-electron chi connectivity index (χ0n) is 23.3. The number of ether oxygens (including phenoxy) is 1. The molecule has 0 bridgehead atoms. The van der Waals surface area contributed by atoms with Crippen LogP contribution in [0.3, 0.4) is 0 Å². The van der Waals surface area contributed by atoms with Crippen LogP contribution in [0.15, 0.2) is 82.2 Å². The summed E-state index contributed by atoms with van der Waals surface area (Å²) in [7, 11) is -4.19. The molecule has 0 heterocycles. The van der Waals surface area contributed by atoms with Crippen LogP contribution in [0.4, 0.5) is 10.1 Å². The maximum Gasteiger partial charge on any atom is 0.264 e. The van der Waals surface area contributed by atoms with E-state index in [9.17, 15) is 22.4 Å². The number of nitrogens with one attached hydrogen (secondary N) is 1. The van der Waals surface area contributed by atoms with Crippen LogP contribution >= 0.6 is 15.9 Å². The highest BCUT2D eigenvalue weighted by molar-refractivity contribution is 9.10. The van der Waals surface area contributed by atoms with E-state index < -0.39 is 34.3 Å². The van der Waals surface area contributed by atoms with Crippen LogP contribution in [0.25, 0.3) is 0 Å². The fraction of sp³-hybridized carbons (Fsp3) is 0.333. The summed E-state index contributed by atoms with van der Waals surface area (Å²) in [5, 5.41) is 2.84. The van der Waals surface area contributed by atoms with Gasteiger partial charge in [-0.2, -0.15) is 0 Å². The van der Waals surface area contributed by atoms with Gasteiger partial charge in [0.2, 0.25) is 11.8 Å². The Kier molecular flexibility index (Phi) is 11.7. The van der Waals surface area contributed by atoms with Gasteiger partial charge in [0.15, 0.2) is 0 Å². The molecule has 0 saturated heterocycles. The number of sulfonamides is 1. The molecule has 0 aromatic heterocycles. The van der Waals surface area contributed by atoms with Crippen molar-refractivity contribution in [3.05, 3.63) is 88.6 Å². The highest BCUT2D eigenvalue weighted by Gasteiger charge is 2.32. The van der Waals surface area contributed by atoms with E-state index in [2.05, 4.69) is 21.2 Å². The van der Waals surface area contributed by atoms with E-state index in [1.807, 2.05) is 13.8 Å². The number of amides is 2. The lowest BCUT2D eigenvalue weighted by Crippen LogP contribution is -2.51. The van der Waals surface area contributed by atoms with Crippen molar-refractivity contribution in [3.8, 4) is 5.75 Å². The molecule has 3 aromatic carbocycles.